The van der Waals surface area contributed by atoms with Gasteiger partial charge in [0.25, 0.3) is 0 Å². The molecule has 0 aliphatic heterocycles. The maximum absolute atomic E-state index is 4.32. The van der Waals surface area contributed by atoms with Crippen LogP contribution in [0.1, 0.15) is 47.2 Å². The molecule has 0 aromatic heterocycles. The second-order valence-electron chi connectivity index (χ2n) is 6.64. The van der Waals surface area contributed by atoms with Crippen molar-refractivity contribution in [2.24, 2.45) is 0 Å². The van der Waals surface area contributed by atoms with Gasteiger partial charge in [0.1, 0.15) is 0 Å². The maximum Gasteiger partial charge on any atom is -0.0178 e. The van der Waals surface area contributed by atoms with Crippen molar-refractivity contribution in [3.05, 3.63) is 119 Å². The molecule has 0 heteroatoms. The SMILES string of the molecule is C=C(c1ccc(CC)cc1)c1cccc(C(=C)c2ccc(CC)cc2)c1. The lowest BCUT2D eigenvalue weighted by atomic mass is 9.93. The monoisotopic (exact) mass is 338 g/mol. The van der Waals surface area contributed by atoms with Crippen LogP contribution in [0.15, 0.2) is 86.0 Å². The summed E-state index contributed by atoms with van der Waals surface area (Å²) < 4.78 is 0. The number of aryl methyl sites for hydroxylation is 2. The zero-order valence-corrected chi connectivity index (χ0v) is 15.8. The fraction of sp³-hybridized carbons (Fsp3) is 0.154. The highest BCUT2D eigenvalue weighted by molar-refractivity contribution is 5.83. The minimum Gasteiger partial charge on any atom is -0.0906 e. The van der Waals surface area contributed by atoms with Crippen molar-refractivity contribution < 1.29 is 0 Å². The minimum atomic E-state index is 1.05. The summed E-state index contributed by atoms with van der Waals surface area (Å²) >= 11 is 0. The van der Waals surface area contributed by atoms with Gasteiger partial charge in [-0.2, -0.15) is 0 Å². The van der Waals surface area contributed by atoms with Crippen molar-refractivity contribution >= 4 is 11.1 Å². The van der Waals surface area contributed by atoms with Gasteiger partial charge in [-0.1, -0.05) is 93.7 Å². The van der Waals surface area contributed by atoms with Crippen molar-refractivity contribution in [3.63, 3.8) is 0 Å². The summed E-state index contributed by atoms with van der Waals surface area (Å²) in [5.41, 5.74) is 9.39. The summed E-state index contributed by atoms with van der Waals surface area (Å²) in [5, 5.41) is 0. The number of rotatable bonds is 6. The number of benzene rings is 3. The quantitative estimate of drug-likeness (QED) is 0.457. The van der Waals surface area contributed by atoms with E-state index in [-0.39, 0.29) is 0 Å². The van der Waals surface area contributed by atoms with Gasteiger partial charge in [0.05, 0.1) is 0 Å². The molecule has 0 N–H and O–H groups in total. The van der Waals surface area contributed by atoms with Gasteiger partial charge in [-0.3, -0.25) is 0 Å². The Morgan fingerprint density at radius 3 is 1.31 bits per heavy atom. The highest BCUT2D eigenvalue weighted by atomic mass is 14.1. The molecule has 3 aromatic rings. The molecule has 0 spiro atoms. The molecule has 26 heavy (non-hydrogen) atoms. The number of hydrogen-bond donors (Lipinski definition) is 0. The lowest BCUT2D eigenvalue weighted by molar-refractivity contribution is 1.14. The van der Waals surface area contributed by atoms with E-state index < -0.39 is 0 Å². The molecule has 0 saturated heterocycles. The topological polar surface area (TPSA) is 0 Å². The van der Waals surface area contributed by atoms with Crippen molar-refractivity contribution in [3.8, 4) is 0 Å². The van der Waals surface area contributed by atoms with E-state index in [9.17, 15) is 0 Å². The molecular formula is C26H26. The predicted molar refractivity (Wildman–Crippen MR) is 114 cm³/mol. The van der Waals surface area contributed by atoms with Crippen LogP contribution in [0.2, 0.25) is 0 Å². The highest BCUT2D eigenvalue weighted by Crippen LogP contribution is 2.27. The lowest BCUT2D eigenvalue weighted by Gasteiger charge is -2.12. The van der Waals surface area contributed by atoms with Crippen molar-refractivity contribution in [2.75, 3.05) is 0 Å². The molecule has 0 aliphatic rings. The van der Waals surface area contributed by atoms with Gasteiger partial charge in [-0.05, 0) is 63.4 Å². The molecule has 3 rings (SSSR count). The van der Waals surface area contributed by atoms with Crippen molar-refractivity contribution in [2.45, 2.75) is 26.7 Å². The van der Waals surface area contributed by atoms with Crippen LogP contribution in [0, 0.1) is 0 Å². The molecule has 0 unspecified atom stereocenters. The van der Waals surface area contributed by atoms with E-state index in [1.807, 2.05) is 0 Å². The predicted octanol–water partition coefficient (Wildman–Crippen LogP) is 6.93. The fourth-order valence-corrected chi connectivity index (χ4v) is 3.11. The first kappa shape index (κ1) is 17.9. The third-order valence-corrected chi connectivity index (χ3v) is 4.98. The maximum atomic E-state index is 4.32. The van der Waals surface area contributed by atoms with Gasteiger partial charge < -0.3 is 0 Å². The Hall–Kier alpha value is -2.86. The number of hydrogen-bond acceptors (Lipinski definition) is 0. The van der Waals surface area contributed by atoms with Gasteiger partial charge in [-0.25, -0.2) is 0 Å². The summed E-state index contributed by atoms with van der Waals surface area (Å²) in [6, 6.07) is 25.9. The molecule has 0 nitrogen and oxygen atoms in total. The van der Waals surface area contributed by atoms with E-state index in [4.69, 9.17) is 0 Å². The van der Waals surface area contributed by atoms with Gasteiger partial charge in [0.2, 0.25) is 0 Å². The first-order chi connectivity index (χ1) is 12.6. The second kappa shape index (κ2) is 8.01. The fourth-order valence-electron chi connectivity index (χ4n) is 3.11. The van der Waals surface area contributed by atoms with E-state index in [1.54, 1.807) is 0 Å². The van der Waals surface area contributed by atoms with Crippen molar-refractivity contribution in [1.82, 2.24) is 0 Å². The molecule has 3 aromatic carbocycles. The summed E-state index contributed by atoms with van der Waals surface area (Å²) in [6.07, 6.45) is 2.11. The summed E-state index contributed by atoms with van der Waals surface area (Å²) in [4.78, 5) is 0. The Morgan fingerprint density at radius 1 is 0.577 bits per heavy atom. The largest absolute Gasteiger partial charge is 0.0906 e. The van der Waals surface area contributed by atoms with Gasteiger partial charge in [-0.15, -0.1) is 0 Å². The Kier molecular flexibility index (Phi) is 5.53. The highest BCUT2D eigenvalue weighted by Gasteiger charge is 2.07. The third-order valence-electron chi connectivity index (χ3n) is 4.98. The molecular weight excluding hydrogens is 312 g/mol. The van der Waals surface area contributed by atoms with Crippen LogP contribution in [0.25, 0.3) is 11.1 Å². The summed E-state index contributed by atoms with van der Waals surface area (Å²) in [7, 11) is 0. The molecule has 0 aliphatic carbocycles. The van der Waals surface area contributed by atoms with E-state index in [0.717, 1.165) is 46.2 Å². The molecule has 0 amide bonds. The molecule has 0 atom stereocenters. The zero-order chi connectivity index (χ0) is 18.5. The average molecular weight is 338 g/mol. The molecule has 130 valence electrons. The summed E-state index contributed by atoms with van der Waals surface area (Å²) in [6.45, 7) is 13.0. The first-order valence-electron chi connectivity index (χ1n) is 9.29. The van der Waals surface area contributed by atoms with E-state index in [2.05, 4.69) is 99.8 Å². The van der Waals surface area contributed by atoms with Crippen LogP contribution >= 0.6 is 0 Å². The zero-order valence-electron chi connectivity index (χ0n) is 15.8. The van der Waals surface area contributed by atoms with Crippen LogP contribution in [0.4, 0.5) is 0 Å². The molecule has 0 heterocycles. The van der Waals surface area contributed by atoms with Gasteiger partial charge in [0.15, 0.2) is 0 Å². The third kappa shape index (κ3) is 3.86. The average Bonchev–Trinajstić information content (AvgIpc) is 2.73. The lowest BCUT2D eigenvalue weighted by Crippen LogP contribution is -1.92. The van der Waals surface area contributed by atoms with Crippen LogP contribution in [-0.2, 0) is 12.8 Å². The van der Waals surface area contributed by atoms with Crippen molar-refractivity contribution in [1.29, 1.82) is 0 Å². The second-order valence-corrected chi connectivity index (χ2v) is 6.64. The van der Waals surface area contributed by atoms with E-state index in [1.165, 1.54) is 11.1 Å². The molecule has 0 fully saturated rings. The van der Waals surface area contributed by atoms with Crippen LogP contribution in [-0.4, -0.2) is 0 Å². The summed E-state index contributed by atoms with van der Waals surface area (Å²) in [5.74, 6) is 0. The first-order valence-corrected chi connectivity index (χ1v) is 9.29. The van der Waals surface area contributed by atoms with E-state index in [0.29, 0.717) is 0 Å². The van der Waals surface area contributed by atoms with Crippen LogP contribution in [0.3, 0.4) is 0 Å². The van der Waals surface area contributed by atoms with Crippen LogP contribution < -0.4 is 0 Å². The Labute approximate surface area is 157 Å². The smallest absolute Gasteiger partial charge is 0.0178 e. The van der Waals surface area contributed by atoms with E-state index >= 15 is 0 Å². The Balaban J connectivity index is 1.86. The normalized spacial score (nSPS) is 10.5. The van der Waals surface area contributed by atoms with Gasteiger partial charge in [0, 0.05) is 0 Å². The van der Waals surface area contributed by atoms with Gasteiger partial charge >= 0.3 is 0 Å². The molecule has 0 radical (unpaired) electrons. The molecule has 0 saturated carbocycles. The Morgan fingerprint density at radius 2 is 0.962 bits per heavy atom. The molecule has 0 bridgehead atoms. The van der Waals surface area contributed by atoms with Crippen LogP contribution in [0.5, 0.6) is 0 Å². The Bertz CT molecular complexity index is 834. The standard InChI is InChI=1S/C26H26/c1-5-21-10-14-23(15-11-21)19(3)25-8-7-9-26(18-25)20(4)24-16-12-22(6-2)13-17-24/h7-18H,3-6H2,1-2H3. The minimum absolute atomic E-state index is 1.05.